The number of halogens is 1. The molecule has 13 heavy (non-hydrogen) atoms. The molecule has 1 heterocycles. The topological polar surface area (TPSA) is 29.5 Å². The summed E-state index contributed by atoms with van der Waals surface area (Å²) in [5.41, 5.74) is 0. The second-order valence-corrected chi connectivity index (χ2v) is 3.60. The number of carbonyl (C=O) groups is 1. The van der Waals surface area contributed by atoms with Gasteiger partial charge in [-0.15, -0.1) is 0 Å². The Morgan fingerprint density at radius 1 is 1.62 bits per heavy atom. The molecular weight excluding hydrogens is 173 g/mol. The Labute approximate surface area is 77.9 Å². The lowest BCUT2D eigenvalue weighted by atomic mass is 10.2. The number of carbonyl (C=O) groups excluding carboxylic acids is 1. The van der Waals surface area contributed by atoms with Gasteiger partial charge in [-0.05, 0) is 20.3 Å². The van der Waals surface area contributed by atoms with Crippen LogP contribution in [-0.2, 0) is 9.53 Å². The van der Waals surface area contributed by atoms with E-state index in [0.717, 1.165) is 0 Å². The quantitative estimate of drug-likeness (QED) is 0.606. The minimum Gasteiger partial charge on any atom is -0.468 e. The highest BCUT2D eigenvalue weighted by atomic mass is 19.1. The summed E-state index contributed by atoms with van der Waals surface area (Å²) >= 11 is 0. The Balaban J connectivity index is 2.71. The third-order valence-electron chi connectivity index (χ3n) is 2.47. The molecule has 2 atom stereocenters. The molecule has 0 aromatic carbocycles. The van der Waals surface area contributed by atoms with Crippen molar-refractivity contribution in [3.63, 3.8) is 0 Å². The van der Waals surface area contributed by atoms with Crippen LogP contribution in [-0.4, -0.2) is 42.8 Å². The first kappa shape index (κ1) is 10.4. The number of alkyl halides is 1. The van der Waals surface area contributed by atoms with Gasteiger partial charge < -0.3 is 4.74 Å². The third kappa shape index (κ3) is 1.99. The summed E-state index contributed by atoms with van der Waals surface area (Å²) in [5, 5.41) is 0. The maximum Gasteiger partial charge on any atom is 0.326 e. The molecule has 0 spiro atoms. The van der Waals surface area contributed by atoms with E-state index in [9.17, 15) is 9.18 Å². The van der Waals surface area contributed by atoms with E-state index in [0.29, 0.717) is 13.0 Å². The molecule has 0 aromatic rings. The molecule has 3 nitrogen and oxygen atoms in total. The van der Waals surface area contributed by atoms with Gasteiger partial charge in [0.25, 0.3) is 0 Å². The number of hydrogen-bond acceptors (Lipinski definition) is 3. The molecule has 0 unspecified atom stereocenters. The Morgan fingerprint density at radius 3 is 2.69 bits per heavy atom. The van der Waals surface area contributed by atoms with Crippen LogP contribution in [0.5, 0.6) is 0 Å². The number of nitrogens with zero attached hydrogens (tertiary/aromatic N) is 1. The van der Waals surface area contributed by atoms with Crippen LogP contribution in [0.2, 0.25) is 0 Å². The standard InChI is InChI=1S/C9H16FNO2/c1-6(2)11-5-4-7(10)8(11)9(12)13-3/h6-8H,4-5H2,1-3H3/t7-,8+/m1/s1. The summed E-state index contributed by atoms with van der Waals surface area (Å²) in [4.78, 5) is 13.1. The van der Waals surface area contributed by atoms with Gasteiger partial charge in [0, 0.05) is 12.6 Å². The highest BCUT2D eigenvalue weighted by molar-refractivity contribution is 5.76. The van der Waals surface area contributed by atoms with Crippen LogP contribution in [0.3, 0.4) is 0 Å². The first-order valence-electron chi connectivity index (χ1n) is 4.55. The van der Waals surface area contributed by atoms with Crippen molar-refractivity contribution in [1.29, 1.82) is 0 Å². The minimum absolute atomic E-state index is 0.185. The first-order valence-corrected chi connectivity index (χ1v) is 4.55. The Hall–Kier alpha value is -0.640. The summed E-state index contributed by atoms with van der Waals surface area (Å²) < 4.78 is 17.9. The van der Waals surface area contributed by atoms with Crippen LogP contribution < -0.4 is 0 Å². The number of methoxy groups -OCH3 is 1. The number of esters is 1. The van der Waals surface area contributed by atoms with E-state index in [1.165, 1.54) is 7.11 Å². The number of rotatable bonds is 2. The molecule has 4 heteroatoms. The van der Waals surface area contributed by atoms with Crippen LogP contribution in [0, 0.1) is 0 Å². The molecule has 1 aliphatic heterocycles. The van der Waals surface area contributed by atoms with Crippen molar-refractivity contribution < 1.29 is 13.9 Å². The second-order valence-electron chi connectivity index (χ2n) is 3.60. The Bertz CT molecular complexity index is 196. The van der Waals surface area contributed by atoms with Crippen LogP contribution in [0.15, 0.2) is 0 Å². The molecule has 1 aliphatic rings. The summed E-state index contributed by atoms with van der Waals surface area (Å²) in [6.07, 6.45) is -0.646. The molecule has 0 aliphatic carbocycles. The van der Waals surface area contributed by atoms with E-state index in [2.05, 4.69) is 4.74 Å². The molecule has 0 bridgehead atoms. The summed E-state index contributed by atoms with van der Waals surface area (Å²) in [7, 11) is 1.30. The lowest BCUT2D eigenvalue weighted by Gasteiger charge is -2.26. The fourth-order valence-corrected chi connectivity index (χ4v) is 1.76. The minimum atomic E-state index is -1.07. The molecule has 1 saturated heterocycles. The van der Waals surface area contributed by atoms with Crippen molar-refractivity contribution >= 4 is 5.97 Å². The normalized spacial score (nSPS) is 29.6. The fourth-order valence-electron chi connectivity index (χ4n) is 1.76. The average Bonchev–Trinajstić information content (AvgIpc) is 2.46. The molecule has 0 radical (unpaired) electrons. The maximum atomic E-state index is 13.3. The SMILES string of the molecule is COC(=O)[C@@H]1[C@H](F)CCN1C(C)C. The van der Waals surface area contributed by atoms with Crippen LogP contribution in [0.1, 0.15) is 20.3 Å². The van der Waals surface area contributed by atoms with Gasteiger partial charge in [0.05, 0.1) is 7.11 Å². The van der Waals surface area contributed by atoms with Crippen LogP contribution in [0.4, 0.5) is 4.39 Å². The average molecular weight is 189 g/mol. The number of ether oxygens (including phenoxy) is 1. The van der Waals surface area contributed by atoms with Crippen LogP contribution in [0.25, 0.3) is 0 Å². The van der Waals surface area contributed by atoms with E-state index in [-0.39, 0.29) is 6.04 Å². The van der Waals surface area contributed by atoms with Gasteiger partial charge in [0.15, 0.2) is 0 Å². The summed E-state index contributed by atoms with van der Waals surface area (Å²) in [6.45, 7) is 4.54. The number of hydrogen-bond donors (Lipinski definition) is 0. The van der Waals surface area contributed by atoms with E-state index in [1.807, 2.05) is 18.7 Å². The molecule has 0 saturated carbocycles. The van der Waals surface area contributed by atoms with Crippen molar-refractivity contribution in [1.82, 2.24) is 4.90 Å². The molecule has 76 valence electrons. The zero-order chi connectivity index (χ0) is 10.0. The van der Waals surface area contributed by atoms with Crippen molar-refractivity contribution in [3.05, 3.63) is 0 Å². The number of likely N-dealkylation sites (tertiary alicyclic amines) is 1. The predicted molar refractivity (Wildman–Crippen MR) is 47.2 cm³/mol. The zero-order valence-corrected chi connectivity index (χ0v) is 8.29. The van der Waals surface area contributed by atoms with Crippen molar-refractivity contribution in [2.45, 2.75) is 38.5 Å². The van der Waals surface area contributed by atoms with E-state index < -0.39 is 18.2 Å². The van der Waals surface area contributed by atoms with Crippen molar-refractivity contribution in [2.24, 2.45) is 0 Å². The van der Waals surface area contributed by atoms with Crippen molar-refractivity contribution in [3.8, 4) is 0 Å². The highest BCUT2D eigenvalue weighted by Gasteiger charge is 2.41. The van der Waals surface area contributed by atoms with Crippen molar-refractivity contribution in [2.75, 3.05) is 13.7 Å². The molecule has 1 rings (SSSR count). The molecule has 0 N–H and O–H groups in total. The van der Waals surface area contributed by atoms with E-state index >= 15 is 0 Å². The lowest BCUT2D eigenvalue weighted by molar-refractivity contribution is -0.148. The fraction of sp³-hybridized carbons (Fsp3) is 0.889. The van der Waals surface area contributed by atoms with Gasteiger partial charge in [-0.1, -0.05) is 0 Å². The van der Waals surface area contributed by atoms with Gasteiger partial charge >= 0.3 is 5.97 Å². The molecule has 0 aromatic heterocycles. The lowest BCUT2D eigenvalue weighted by Crippen LogP contribution is -2.44. The largest absolute Gasteiger partial charge is 0.468 e. The van der Waals surface area contributed by atoms with E-state index in [4.69, 9.17) is 0 Å². The predicted octanol–water partition coefficient (Wildman–Crippen LogP) is 0.980. The maximum absolute atomic E-state index is 13.3. The van der Waals surface area contributed by atoms with Gasteiger partial charge in [-0.3, -0.25) is 9.69 Å². The molecule has 1 fully saturated rings. The van der Waals surface area contributed by atoms with Gasteiger partial charge in [-0.2, -0.15) is 0 Å². The molecule has 0 amide bonds. The monoisotopic (exact) mass is 189 g/mol. The van der Waals surface area contributed by atoms with Gasteiger partial charge in [-0.25, -0.2) is 4.39 Å². The van der Waals surface area contributed by atoms with E-state index in [1.54, 1.807) is 0 Å². The summed E-state index contributed by atoms with van der Waals surface area (Å²) in [5.74, 6) is -0.460. The highest BCUT2D eigenvalue weighted by Crippen LogP contribution is 2.23. The Kier molecular flexibility index (Phi) is 3.25. The first-order chi connectivity index (χ1) is 6.07. The third-order valence-corrected chi connectivity index (χ3v) is 2.47. The smallest absolute Gasteiger partial charge is 0.326 e. The Morgan fingerprint density at radius 2 is 2.23 bits per heavy atom. The summed E-state index contributed by atoms with van der Waals surface area (Å²) in [6, 6.07) is -0.505. The van der Waals surface area contributed by atoms with Crippen LogP contribution >= 0.6 is 0 Å². The second kappa shape index (κ2) is 4.05. The molecular formula is C9H16FNO2. The van der Waals surface area contributed by atoms with Gasteiger partial charge in [0.1, 0.15) is 12.2 Å². The van der Waals surface area contributed by atoms with Gasteiger partial charge in [0.2, 0.25) is 0 Å². The zero-order valence-electron chi connectivity index (χ0n) is 8.29.